The van der Waals surface area contributed by atoms with Crippen molar-refractivity contribution in [2.24, 2.45) is 17.8 Å². The third-order valence-electron chi connectivity index (χ3n) is 7.30. The van der Waals surface area contributed by atoms with Crippen LogP contribution < -0.4 is 5.32 Å². The van der Waals surface area contributed by atoms with Crippen molar-refractivity contribution in [3.63, 3.8) is 0 Å². The van der Waals surface area contributed by atoms with Gasteiger partial charge >= 0.3 is 0 Å². The Bertz CT molecular complexity index is 1100. The second kappa shape index (κ2) is 7.53. The second-order valence-electron chi connectivity index (χ2n) is 9.16. The van der Waals surface area contributed by atoms with Crippen molar-refractivity contribution in [2.45, 2.75) is 59.0 Å². The summed E-state index contributed by atoms with van der Waals surface area (Å²) in [6.45, 7) is 7.06. The summed E-state index contributed by atoms with van der Waals surface area (Å²) in [5.41, 5.74) is 4.27. The van der Waals surface area contributed by atoms with Crippen molar-refractivity contribution in [2.75, 3.05) is 0 Å². The highest BCUT2D eigenvalue weighted by Crippen LogP contribution is 2.49. The highest BCUT2D eigenvalue weighted by molar-refractivity contribution is 6.07. The van der Waals surface area contributed by atoms with Crippen LogP contribution in [-0.2, 0) is 6.54 Å². The lowest BCUT2D eigenvalue weighted by molar-refractivity contribution is 0.0917. The summed E-state index contributed by atoms with van der Waals surface area (Å²) >= 11 is 0. The summed E-state index contributed by atoms with van der Waals surface area (Å²) in [4.78, 5) is 18.3. The van der Waals surface area contributed by atoms with Crippen molar-refractivity contribution in [3.8, 4) is 11.3 Å². The van der Waals surface area contributed by atoms with Crippen LogP contribution >= 0.6 is 0 Å². The standard InChI is InChI=1S/C25H30N4O/c1-4-29-14-22(16(3)28-29)24-13-21(19-7-5-6-8-23(19)27-24)25(30)26-15(2)20-12-17-9-10-18(20)11-17/h5-8,13-15,17-18,20H,4,9-12H2,1-3H3,(H,26,30). The van der Waals surface area contributed by atoms with Crippen LogP contribution in [0.1, 0.15) is 55.6 Å². The summed E-state index contributed by atoms with van der Waals surface area (Å²) in [5.74, 6) is 2.29. The molecule has 2 fully saturated rings. The molecule has 5 rings (SSSR count). The quantitative estimate of drug-likeness (QED) is 0.655. The van der Waals surface area contributed by atoms with Gasteiger partial charge in [0.2, 0.25) is 0 Å². The molecule has 1 aromatic carbocycles. The van der Waals surface area contributed by atoms with Crippen molar-refractivity contribution >= 4 is 16.8 Å². The molecule has 5 nitrogen and oxygen atoms in total. The van der Waals surface area contributed by atoms with Crippen LogP contribution in [0.3, 0.4) is 0 Å². The minimum atomic E-state index is 0.00524. The number of aryl methyl sites for hydroxylation is 2. The molecule has 0 aliphatic heterocycles. The van der Waals surface area contributed by atoms with Gasteiger partial charge in [-0.3, -0.25) is 9.48 Å². The lowest BCUT2D eigenvalue weighted by atomic mass is 9.84. The molecular formula is C25H30N4O. The van der Waals surface area contributed by atoms with E-state index in [1.54, 1.807) is 0 Å². The minimum Gasteiger partial charge on any atom is -0.349 e. The van der Waals surface area contributed by atoms with Gasteiger partial charge < -0.3 is 5.32 Å². The SMILES string of the molecule is CCn1cc(-c2cc(C(=O)NC(C)C3CC4CCC3C4)c3ccccc3n2)c(C)n1. The molecule has 5 heteroatoms. The Morgan fingerprint density at radius 1 is 1.27 bits per heavy atom. The molecule has 0 saturated heterocycles. The highest BCUT2D eigenvalue weighted by atomic mass is 16.1. The Labute approximate surface area is 177 Å². The molecule has 1 N–H and O–H groups in total. The molecule has 156 valence electrons. The smallest absolute Gasteiger partial charge is 0.252 e. The Balaban J connectivity index is 1.49. The predicted molar refractivity (Wildman–Crippen MR) is 119 cm³/mol. The monoisotopic (exact) mass is 402 g/mol. The van der Waals surface area contributed by atoms with Crippen molar-refractivity contribution < 1.29 is 4.79 Å². The lowest BCUT2D eigenvalue weighted by Crippen LogP contribution is -2.40. The molecule has 2 aromatic heterocycles. The van der Waals surface area contributed by atoms with Gasteiger partial charge in [0.05, 0.1) is 22.5 Å². The van der Waals surface area contributed by atoms with Crippen LogP contribution in [0.5, 0.6) is 0 Å². The summed E-state index contributed by atoms with van der Waals surface area (Å²) in [5, 5.41) is 8.80. The van der Waals surface area contributed by atoms with Gasteiger partial charge in [-0.15, -0.1) is 0 Å². The van der Waals surface area contributed by atoms with E-state index in [4.69, 9.17) is 4.98 Å². The van der Waals surface area contributed by atoms with Crippen molar-refractivity contribution in [3.05, 3.63) is 47.8 Å². The van der Waals surface area contributed by atoms with Crippen LogP contribution in [0.25, 0.3) is 22.2 Å². The summed E-state index contributed by atoms with van der Waals surface area (Å²) < 4.78 is 1.92. The van der Waals surface area contributed by atoms with Gasteiger partial charge in [-0.05, 0) is 69.9 Å². The lowest BCUT2D eigenvalue weighted by Gasteiger charge is -2.28. The third kappa shape index (κ3) is 3.30. The van der Waals surface area contributed by atoms with E-state index in [-0.39, 0.29) is 11.9 Å². The zero-order valence-corrected chi connectivity index (χ0v) is 18.1. The molecule has 0 radical (unpaired) electrons. The van der Waals surface area contributed by atoms with E-state index in [1.165, 1.54) is 25.7 Å². The highest BCUT2D eigenvalue weighted by Gasteiger charge is 2.42. The van der Waals surface area contributed by atoms with Crippen molar-refractivity contribution in [1.82, 2.24) is 20.1 Å². The number of hydrogen-bond acceptors (Lipinski definition) is 3. The van der Waals surface area contributed by atoms with E-state index in [2.05, 4.69) is 24.3 Å². The number of rotatable bonds is 5. The fourth-order valence-corrected chi connectivity index (χ4v) is 5.73. The number of carbonyl (C=O) groups is 1. The summed E-state index contributed by atoms with van der Waals surface area (Å²) in [6.07, 6.45) is 7.35. The van der Waals surface area contributed by atoms with E-state index in [0.29, 0.717) is 11.5 Å². The Hall–Kier alpha value is -2.69. The Kier molecular flexibility index (Phi) is 4.84. The number of hydrogen-bond donors (Lipinski definition) is 1. The average Bonchev–Trinajstić information content (AvgIpc) is 3.48. The number of pyridine rings is 1. The first kappa shape index (κ1) is 19.3. The maximum absolute atomic E-state index is 13.4. The number of fused-ring (bicyclic) bond motifs is 3. The molecule has 3 aromatic rings. The number of para-hydroxylation sites is 1. The first-order valence-electron chi connectivity index (χ1n) is 11.3. The fourth-order valence-electron chi connectivity index (χ4n) is 5.73. The summed E-state index contributed by atoms with van der Waals surface area (Å²) in [6, 6.07) is 10.1. The molecule has 2 aliphatic carbocycles. The molecule has 1 amide bonds. The van der Waals surface area contributed by atoms with Gasteiger partial charge in [0.15, 0.2) is 0 Å². The Morgan fingerprint density at radius 3 is 2.80 bits per heavy atom. The molecule has 2 saturated carbocycles. The third-order valence-corrected chi connectivity index (χ3v) is 7.30. The number of nitrogens with one attached hydrogen (secondary N) is 1. The maximum atomic E-state index is 13.4. The van der Waals surface area contributed by atoms with E-state index >= 15 is 0 Å². The molecule has 2 bridgehead atoms. The number of nitrogens with zero attached hydrogens (tertiary/aromatic N) is 3. The average molecular weight is 403 g/mol. The van der Waals surface area contributed by atoms with E-state index in [0.717, 1.165) is 46.2 Å². The van der Waals surface area contributed by atoms with Gasteiger partial charge in [-0.25, -0.2) is 4.98 Å². The molecule has 2 aliphatic rings. The fraction of sp³-hybridized carbons (Fsp3) is 0.480. The normalized spacial score (nSPS) is 23.8. The number of benzene rings is 1. The number of aromatic nitrogens is 3. The molecule has 4 atom stereocenters. The van der Waals surface area contributed by atoms with Crippen LogP contribution in [0.15, 0.2) is 36.5 Å². The van der Waals surface area contributed by atoms with Gasteiger partial charge in [0.1, 0.15) is 0 Å². The first-order chi connectivity index (χ1) is 14.5. The molecular weight excluding hydrogens is 372 g/mol. The van der Waals surface area contributed by atoms with Crippen molar-refractivity contribution in [1.29, 1.82) is 0 Å². The Morgan fingerprint density at radius 2 is 2.10 bits per heavy atom. The van der Waals surface area contributed by atoms with Crippen LogP contribution in [0.4, 0.5) is 0 Å². The van der Waals surface area contributed by atoms with E-state index in [1.807, 2.05) is 48.1 Å². The largest absolute Gasteiger partial charge is 0.349 e. The molecule has 0 spiro atoms. The maximum Gasteiger partial charge on any atom is 0.252 e. The molecule has 30 heavy (non-hydrogen) atoms. The van der Waals surface area contributed by atoms with Gasteiger partial charge in [0.25, 0.3) is 5.91 Å². The van der Waals surface area contributed by atoms with Gasteiger partial charge in [-0.1, -0.05) is 24.6 Å². The predicted octanol–water partition coefficient (Wildman–Crippen LogP) is 4.98. The molecule has 4 unspecified atom stereocenters. The topological polar surface area (TPSA) is 59.8 Å². The van der Waals surface area contributed by atoms with Crippen LogP contribution in [0, 0.1) is 24.7 Å². The summed E-state index contributed by atoms with van der Waals surface area (Å²) in [7, 11) is 0. The molecule has 2 heterocycles. The number of carbonyl (C=O) groups excluding carboxylic acids is 1. The van der Waals surface area contributed by atoms with Crippen LogP contribution in [0.2, 0.25) is 0 Å². The minimum absolute atomic E-state index is 0.00524. The van der Waals surface area contributed by atoms with E-state index < -0.39 is 0 Å². The zero-order valence-electron chi connectivity index (χ0n) is 18.1. The van der Waals surface area contributed by atoms with Gasteiger partial charge in [0, 0.05) is 29.7 Å². The zero-order chi connectivity index (χ0) is 20.8. The van der Waals surface area contributed by atoms with Crippen LogP contribution in [-0.4, -0.2) is 26.7 Å². The van der Waals surface area contributed by atoms with Gasteiger partial charge in [-0.2, -0.15) is 5.10 Å². The first-order valence-corrected chi connectivity index (χ1v) is 11.3. The second-order valence-corrected chi connectivity index (χ2v) is 9.16. The number of amides is 1. The van der Waals surface area contributed by atoms with E-state index in [9.17, 15) is 4.79 Å².